The Morgan fingerprint density at radius 1 is 1.56 bits per heavy atom. The van der Waals surface area contributed by atoms with Gasteiger partial charge in [-0.15, -0.1) is 0 Å². The summed E-state index contributed by atoms with van der Waals surface area (Å²) in [6.07, 6.45) is 6.09. The van der Waals surface area contributed by atoms with Gasteiger partial charge in [-0.3, -0.25) is 0 Å². The number of aromatic nitrogens is 2. The Morgan fingerprint density at radius 3 is 2.81 bits per heavy atom. The molecule has 1 rings (SSSR count). The molecule has 92 valence electrons. The number of rotatable bonds is 7. The van der Waals surface area contributed by atoms with Gasteiger partial charge in [-0.1, -0.05) is 6.92 Å². The van der Waals surface area contributed by atoms with E-state index >= 15 is 0 Å². The van der Waals surface area contributed by atoms with E-state index in [0.717, 1.165) is 25.2 Å². The summed E-state index contributed by atoms with van der Waals surface area (Å²) in [6, 6.07) is 0.395. The normalized spacial score (nSPS) is 15.0. The molecule has 0 amide bonds. The maximum atomic E-state index is 5.38. The first-order chi connectivity index (χ1) is 7.69. The van der Waals surface area contributed by atoms with Crippen LogP contribution in [0.4, 0.5) is 0 Å². The quantitative estimate of drug-likeness (QED) is 0.761. The Morgan fingerprint density at radius 2 is 2.31 bits per heavy atom. The third-order valence-electron chi connectivity index (χ3n) is 3.00. The first kappa shape index (κ1) is 13.2. The number of ether oxygens (including phenoxy) is 1. The predicted octanol–water partition coefficient (Wildman–Crippen LogP) is 1.37. The van der Waals surface area contributed by atoms with Gasteiger partial charge in [0.15, 0.2) is 0 Å². The second-order valence-electron chi connectivity index (χ2n) is 4.10. The van der Waals surface area contributed by atoms with Crippen molar-refractivity contribution in [3.63, 3.8) is 0 Å². The molecule has 16 heavy (non-hydrogen) atoms. The highest BCUT2D eigenvalue weighted by atomic mass is 16.5. The third-order valence-corrected chi connectivity index (χ3v) is 3.00. The second kappa shape index (κ2) is 6.66. The van der Waals surface area contributed by atoms with Crippen molar-refractivity contribution >= 4 is 0 Å². The van der Waals surface area contributed by atoms with Crippen LogP contribution in [-0.4, -0.2) is 35.4 Å². The summed E-state index contributed by atoms with van der Waals surface area (Å²) in [5, 5.41) is 3.45. The third kappa shape index (κ3) is 3.61. The molecule has 0 spiro atoms. The van der Waals surface area contributed by atoms with Crippen LogP contribution in [0.15, 0.2) is 12.4 Å². The smallest absolute Gasteiger partial charge is 0.108 e. The van der Waals surface area contributed by atoms with E-state index in [1.807, 2.05) is 19.4 Å². The zero-order valence-corrected chi connectivity index (χ0v) is 10.7. The SMILES string of the molecule is CCNC(CCc1nccn1C)C(C)OC. The van der Waals surface area contributed by atoms with E-state index < -0.39 is 0 Å². The van der Waals surface area contributed by atoms with Crippen LogP contribution in [0, 0.1) is 0 Å². The minimum Gasteiger partial charge on any atom is -0.380 e. The first-order valence-corrected chi connectivity index (χ1v) is 5.91. The maximum Gasteiger partial charge on any atom is 0.108 e. The molecule has 0 aliphatic carbocycles. The summed E-state index contributed by atoms with van der Waals surface area (Å²) in [5.74, 6) is 1.13. The van der Waals surface area contributed by atoms with Crippen molar-refractivity contribution in [1.29, 1.82) is 0 Å². The molecule has 0 saturated carbocycles. The van der Waals surface area contributed by atoms with Gasteiger partial charge in [-0.2, -0.15) is 0 Å². The van der Waals surface area contributed by atoms with Crippen molar-refractivity contribution in [3.05, 3.63) is 18.2 Å². The highest BCUT2D eigenvalue weighted by Gasteiger charge is 2.16. The average molecular weight is 225 g/mol. The predicted molar refractivity (Wildman–Crippen MR) is 65.5 cm³/mol. The van der Waals surface area contributed by atoms with Crippen molar-refractivity contribution in [2.24, 2.45) is 7.05 Å². The van der Waals surface area contributed by atoms with E-state index in [-0.39, 0.29) is 6.10 Å². The minimum absolute atomic E-state index is 0.236. The van der Waals surface area contributed by atoms with E-state index in [9.17, 15) is 0 Å². The zero-order chi connectivity index (χ0) is 12.0. The number of nitrogens with one attached hydrogen (secondary N) is 1. The minimum atomic E-state index is 0.236. The fraction of sp³-hybridized carbons (Fsp3) is 0.750. The fourth-order valence-electron chi connectivity index (χ4n) is 1.85. The zero-order valence-electron chi connectivity index (χ0n) is 10.7. The van der Waals surface area contributed by atoms with Crippen LogP contribution in [0.2, 0.25) is 0 Å². The standard InChI is InChI=1S/C12H23N3O/c1-5-13-11(10(2)16-4)6-7-12-14-8-9-15(12)3/h8-11,13H,5-7H2,1-4H3. The fourth-order valence-corrected chi connectivity index (χ4v) is 1.85. The van der Waals surface area contributed by atoms with Crippen LogP contribution < -0.4 is 5.32 Å². The van der Waals surface area contributed by atoms with Crippen molar-refractivity contribution < 1.29 is 4.74 Å². The van der Waals surface area contributed by atoms with E-state index in [1.165, 1.54) is 0 Å². The molecule has 1 heterocycles. The molecule has 0 aliphatic rings. The highest BCUT2D eigenvalue weighted by molar-refractivity contribution is 4.92. The molecular weight excluding hydrogens is 202 g/mol. The molecule has 0 bridgehead atoms. The molecule has 4 nitrogen and oxygen atoms in total. The van der Waals surface area contributed by atoms with Crippen molar-refractivity contribution in [2.75, 3.05) is 13.7 Å². The van der Waals surface area contributed by atoms with E-state index in [2.05, 4.69) is 28.7 Å². The molecular formula is C12H23N3O. The topological polar surface area (TPSA) is 39.1 Å². The maximum absolute atomic E-state index is 5.38. The van der Waals surface area contributed by atoms with Gasteiger partial charge in [0.1, 0.15) is 5.82 Å². The lowest BCUT2D eigenvalue weighted by Gasteiger charge is -2.23. The number of likely N-dealkylation sites (N-methyl/N-ethyl adjacent to an activating group) is 1. The number of imidazole rings is 1. The van der Waals surface area contributed by atoms with Crippen LogP contribution in [0.25, 0.3) is 0 Å². The number of aryl methyl sites for hydroxylation is 2. The van der Waals surface area contributed by atoms with E-state index in [1.54, 1.807) is 7.11 Å². The summed E-state index contributed by atoms with van der Waals surface area (Å²) in [7, 11) is 3.79. The molecule has 1 aromatic rings. The van der Waals surface area contributed by atoms with Crippen molar-refractivity contribution in [1.82, 2.24) is 14.9 Å². The van der Waals surface area contributed by atoms with E-state index in [0.29, 0.717) is 6.04 Å². The monoisotopic (exact) mass is 225 g/mol. The Kier molecular flexibility index (Phi) is 5.49. The molecule has 1 aromatic heterocycles. The van der Waals surface area contributed by atoms with Crippen LogP contribution in [0.1, 0.15) is 26.1 Å². The Balaban J connectivity index is 2.46. The average Bonchev–Trinajstić information content (AvgIpc) is 2.69. The number of nitrogens with zero attached hydrogens (tertiary/aromatic N) is 2. The molecule has 0 aromatic carbocycles. The Hall–Kier alpha value is -0.870. The van der Waals surface area contributed by atoms with Gasteiger partial charge in [0.25, 0.3) is 0 Å². The lowest BCUT2D eigenvalue weighted by Crippen LogP contribution is -2.39. The molecule has 0 aliphatic heterocycles. The largest absolute Gasteiger partial charge is 0.380 e. The Bertz CT molecular complexity index is 298. The summed E-state index contributed by atoms with van der Waals surface area (Å²) in [4.78, 5) is 4.33. The number of hydrogen-bond donors (Lipinski definition) is 1. The van der Waals surface area contributed by atoms with Gasteiger partial charge in [0.2, 0.25) is 0 Å². The summed E-state index contributed by atoms with van der Waals surface area (Å²) >= 11 is 0. The lowest BCUT2D eigenvalue weighted by atomic mass is 10.1. The van der Waals surface area contributed by atoms with Crippen molar-refractivity contribution in [2.45, 2.75) is 38.8 Å². The first-order valence-electron chi connectivity index (χ1n) is 5.91. The lowest BCUT2D eigenvalue weighted by molar-refractivity contribution is 0.0805. The second-order valence-corrected chi connectivity index (χ2v) is 4.10. The van der Waals surface area contributed by atoms with Gasteiger partial charge in [-0.05, 0) is 19.9 Å². The number of methoxy groups -OCH3 is 1. The van der Waals surface area contributed by atoms with Gasteiger partial charge in [0, 0.05) is 39.0 Å². The molecule has 0 saturated heterocycles. The van der Waals surface area contributed by atoms with Crippen LogP contribution in [-0.2, 0) is 18.2 Å². The highest BCUT2D eigenvalue weighted by Crippen LogP contribution is 2.07. The van der Waals surface area contributed by atoms with E-state index in [4.69, 9.17) is 4.74 Å². The molecule has 2 atom stereocenters. The van der Waals surface area contributed by atoms with Gasteiger partial charge in [-0.25, -0.2) is 4.98 Å². The number of hydrogen-bond acceptors (Lipinski definition) is 3. The molecule has 2 unspecified atom stereocenters. The van der Waals surface area contributed by atoms with Gasteiger partial charge in [0.05, 0.1) is 6.10 Å². The summed E-state index contributed by atoms with van der Waals surface area (Å²) in [5.41, 5.74) is 0. The van der Waals surface area contributed by atoms with Crippen LogP contribution >= 0.6 is 0 Å². The molecule has 4 heteroatoms. The van der Waals surface area contributed by atoms with Crippen LogP contribution in [0.5, 0.6) is 0 Å². The van der Waals surface area contributed by atoms with Gasteiger partial charge < -0.3 is 14.6 Å². The summed E-state index contributed by atoms with van der Waals surface area (Å²) < 4.78 is 7.45. The summed E-state index contributed by atoms with van der Waals surface area (Å²) in [6.45, 7) is 5.20. The molecule has 0 radical (unpaired) electrons. The van der Waals surface area contributed by atoms with Crippen LogP contribution in [0.3, 0.4) is 0 Å². The Labute approximate surface area is 98.0 Å². The van der Waals surface area contributed by atoms with Gasteiger partial charge >= 0.3 is 0 Å². The molecule has 0 fully saturated rings. The van der Waals surface area contributed by atoms with Crippen molar-refractivity contribution in [3.8, 4) is 0 Å². The molecule has 1 N–H and O–H groups in total.